The summed E-state index contributed by atoms with van der Waals surface area (Å²) >= 11 is 0. The third-order valence-electron chi connectivity index (χ3n) is 4.36. The van der Waals surface area contributed by atoms with Gasteiger partial charge in [-0.15, -0.1) is 0 Å². The molecular formula is C19H28N2O5. The van der Waals surface area contributed by atoms with Crippen LogP contribution in [-0.4, -0.2) is 59.6 Å². The van der Waals surface area contributed by atoms with Crippen molar-refractivity contribution in [2.75, 3.05) is 13.7 Å². The van der Waals surface area contributed by atoms with Crippen LogP contribution in [-0.2, 0) is 15.9 Å². The van der Waals surface area contributed by atoms with Gasteiger partial charge in [-0.2, -0.15) is 0 Å². The fraction of sp³-hybridized carbons (Fsp3) is 0.579. The zero-order chi connectivity index (χ0) is 19.3. The quantitative estimate of drug-likeness (QED) is 0.858. The van der Waals surface area contributed by atoms with Crippen LogP contribution >= 0.6 is 0 Å². The Morgan fingerprint density at radius 2 is 1.92 bits per heavy atom. The maximum absolute atomic E-state index is 12.1. The Hall–Kier alpha value is -2.28. The zero-order valence-corrected chi connectivity index (χ0v) is 15.8. The van der Waals surface area contributed by atoms with Gasteiger partial charge >= 0.3 is 12.2 Å². The van der Waals surface area contributed by atoms with Gasteiger partial charge in [0.25, 0.3) is 0 Å². The number of likely N-dealkylation sites (tertiary alicyclic amines) is 1. The second-order valence-corrected chi connectivity index (χ2v) is 7.47. The second kappa shape index (κ2) is 8.40. The number of ether oxygens (including phenoxy) is 2. The standard InChI is InChI=1S/C19H28N2O5/c1-19(2,3)26-17(22)20-14-10-11-21(18(23)24)15(16(14)25-4)12-13-8-6-5-7-9-13/h5-9,14-16H,10-12H2,1-4H3,(H,20,22)(H,23,24)/t14-,15?,16-/m1/s1. The highest BCUT2D eigenvalue weighted by Gasteiger charge is 2.41. The average Bonchev–Trinajstić information content (AvgIpc) is 2.54. The Kier molecular flexibility index (Phi) is 6.47. The number of carbonyl (C=O) groups is 2. The molecule has 1 aromatic rings. The van der Waals surface area contributed by atoms with Crippen LogP contribution in [0.3, 0.4) is 0 Å². The van der Waals surface area contributed by atoms with Crippen molar-refractivity contribution >= 4 is 12.2 Å². The fourth-order valence-corrected chi connectivity index (χ4v) is 3.31. The molecule has 0 spiro atoms. The van der Waals surface area contributed by atoms with Crippen LogP contribution in [0.25, 0.3) is 0 Å². The van der Waals surface area contributed by atoms with Crippen LogP contribution < -0.4 is 5.32 Å². The smallest absolute Gasteiger partial charge is 0.407 e. The number of hydrogen-bond donors (Lipinski definition) is 2. The summed E-state index contributed by atoms with van der Waals surface area (Å²) in [6, 6.07) is 8.95. The summed E-state index contributed by atoms with van der Waals surface area (Å²) < 4.78 is 11.0. The Morgan fingerprint density at radius 3 is 2.46 bits per heavy atom. The predicted octanol–water partition coefficient (Wildman–Crippen LogP) is 2.89. The summed E-state index contributed by atoms with van der Waals surface area (Å²) in [4.78, 5) is 25.2. The SMILES string of the molecule is CO[C@H]1C(Cc2ccccc2)N(C(=O)O)CC[C@H]1NC(=O)OC(C)(C)C. The van der Waals surface area contributed by atoms with Gasteiger partial charge in [-0.1, -0.05) is 30.3 Å². The molecule has 0 bridgehead atoms. The van der Waals surface area contributed by atoms with Crippen LogP contribution in [0, 0.1) is 0 Å². The lowest BCUT2D eigenvalue weighted by atomic mass is 9.89. The minimum absolute atomic E-state index is 0.320. The molecule has 2 N–H and O–H groups in total. The number of rotatable bonds is 4. The summed E-state index contributed by atoms with van der Waals surface area (Å²) in [7, 11) is 1.54. The van der Waals surface area contributed by atoms with Crippen molar-refractivity contribution in [1.29, 1.82) is 0 Å². The molecule has 1 aliphatic rings. The van der Waals surface area contributed by atoms with Gasteiger partial charge in [0, 0.05) is 13.7 Å². The van der Waals surface area contributed by atoms with E-state index in [0.29, 0.717) is 19.4 Å². The number of methoxy groups -OCH3 is 1. The summed E-state index contributed by atoms with van der Waals surface area (Å²) in [5.41, 5.74) is 0.418. The fourth-order valence-electron chi connectivity index (χ4n) is 3.31. The Balaban J connectivity index is 2.17. The summed E-state index contributed by atoms with van der Waals surface area (Å²) in [6.45, 7) is 5.72. The number of carbonyl (C=O) groups excluding carboxylic acids is 1. The lowest BCUT2D eigenvalue weighted by Crippen LogP contribution is -2.62. The highest BCUT2D eigenvalue weighted by Crippen LogP contribution is 2.24. The number of piperidine rings is 1. The number of nitrogens with zero attached hydrogens (tertiary/aromatic N) is 1. The van der Waals surface area contributed by atoms with Crippen LogP contribution in [0.5, 0.6) is 0 Å². The molecule has 2 rings (SSSR count). The first-order valence-electron chi connectivity index (χ1n) is 8.77. The van der Waals surface area contributed by atoms with E-state index in [0.717, 1.165) is 5.56 Å². The van der Waals surface area contributed by atoms with Crippen LogP contribution in [0.4, 0.5) is 9.59 Å². The Morgan fingerprint density at radius 1 is 1.27 bits per heavy atom. The number of carboxylic acid groups (broad SMARTS) is 1. The number of alkyl carbamates (subject to hydrolysis) is 1. The van der Waals surface area contributed by atoms with E-state index in [4.69, 9.17) is 9.47 Å². The summed E-state index contributed by atoms with van der Waals surface area (Å²) in [6.07, 6.45) is -0.990. The molecule has 26 heavy (non-hydrogen) atoms. The van der Waals surface area contributed by atoms with Crippen molar-refractivity contribution < 1.29 is 24.2 Å². The average molecular weight is 364 g/mol. The lowest BCUT2D eigenvalue weighted by Gasteiger charge is -2.43. The molecule has 7 nitrogen and oxygen atoms in total. The van der Waals surface area contributed by atoms with Crippen molar-refractivity contribution in [1.82, 2.24) is 10.2 Å². The molecule has 144 valence electrons. The molecular weight excluding hydrogens is 336 g/mol. The van der Waals surface area contributed by atoms with Crippen molar-refractivity contribution in [3.63, 3.8) is 0 Å². The molecule has 0 radical (unpaired) electrons. The molecule has 1 aliphatic heterocycles. The molecule has 1 unspecified atom stereocenters. The highest BCUT2D eigenvalue weighted by atomic mass is 16.6. The van der Waals surface area contributed by atoms with Gasteiger partial charge in [0.05, 0.1) is 18.2 Å². The van der Waals surface area contributed by atoms with E-state index in [1.807, 2.05) is 30.3 Å². The third-order valence-corrected chi connectivity index (χ3v) is 4.36. The van der Waals surface area contributed by atoms with Crippen LogP contribution in [0.2, 0.25) is 0 Å². The van der Waals surface area contributed by atoms with Gasteiger partial charge in [-0.05, 0) is 39.2 Å². The monoisotopic (exact) mass is 364 g/mol. The Bertz CT molecular complexity index is 614. The Labute approximate surface area is 154 Å². The maximum atomic E-state index is 12.1. The van der Waals surface area contributed by atoms with Crippen molar-refractivity contribution in [2.45, 2.75) is 57.4 Å². The first-order valence-corrected chi connectivity index (χ1v) is 8.77. The van der Waals surface area contributed by atoms with Crippen molar-refractivity contribution in [3.05, 3.63) is 35.9 Å². The zero-order valence-electron chi connectivity index (χ0n) is 15.8. The van der Waals surface area contributed by atoms with E-state index in [-0.39, 0.29) is 6.04 Å². The molecule has 2 amide bonds. The molecule has 0 aliphatic carbocycles. The van der Waals surface area contributed by atoms with Crippen molar-refractivity contribution in [2.24, 2.45) is 0 Å². The third kappa shape index (κ3) is 5.36. The first-order chi connectivity index (χ1) is 12.2. The molecule has 1 saturated heterocycles. The second-order valence-electron chi connectivity index (χ2n) is 7.47. The van der Waals surface area contributed by atoms with Gasteiger partial charge in [-0.25, -0.2) is 9.59 Å². The van der Waals surface area contributed by atoms with E-state index in [2.05, 4.69) is 5.32 Å². The number of nitrogens with one attached hydrogen (secondary N) is 1. The van der Waals surface area contributed by atoms with Gasteiger partial charge in [0.2, 0.25) is 0 Å². The largest absolute Gasteiger partial charge is 0.465 e. The van der Waals surface area contributed by atoms with Gasteiger partial charge in [-0.3, -0.25) is 0 Å². The predicted molar refractivity (Wildman–Crippen MR) is 97.2 cm³/mol. The number of amides is 2. The molecule has 0 saturated carbocycles. The van der Waals surface area contributed by atoms with Gasteiger partial charge in [0.15, 0.2) is 0 Å². The lowest BCUT2D eigenvalue weighted by molar-refractivity contribution is -0.0346. The van der Waals surface area contributed by atoms with Gasteiger partial charge in [0.1, 0.15) is 5.60 Å². The number of hydrogen-bond acceptors (Lipinski definition) is 4. The molecule has 3 atom stereocenters. The van der Waals surface area contributed by atoms with E-state index >= 15 is 0 Å². The number of benzene rings is 1. The first kappa shape index (κ1) is 20.0. The topological polar surface area (TPSA) is 88.1 Å². The van der Waals surface area contributed by atoms with Gasteiger partial charge < -0.3 is 24.8 Å². The van der Waals surface area contributed by atoms with Crippen LogP contribution in [0.1, 0.15) is 32.8 Å². The van der Waals surface area contributed by atoms with E-state index < -0.39 is 29.9 Å². The summed E-state index contributed by atoms with van der Waals surface area (Å²) in [5.74, 6) is 0. The molecule has 1 fully saturated rings. The molecule has 1 heterocycles. The summed E-state index contributed by atoms with van der Waals surface area (Å²) in [5, 5.41) is 12.4. The minimum Gasteiger partial charge on any atom is -0.465 e. The van der Waals surface area contributed by atoms with Crippen molar-refractivity contribution in [3.8, 4) is 0 Å². The van der Waals surface area contributed by atoms with E-state index in [9.17, 15) is 14.7 Å². The molecule has 0 aromatic heterocycles. The highest BCUT2D eigenvalue weighted by molar-refractivity contribution is 5.69. The molecule has 1 aromatic carbocycles. The maximum Gasteiger partial charge on any atom is 0.407 e. The molecule has 7 heteroatoms. The minimum atomic E-state index is -0.983. The van der Waals surface area contributed by atoms with Crippen LogP contribution in [0.15, 0.2) is 30.3 Å². The van der Waals surface area contributed by atoms with E-state index in [1.165, 1.54) is 12.0 Å². The normalized spacial score (nSPS) is 23.4. The van der Waals surface area contributed by atoms with E-state index in [1.54, 1.807) is 20.8 Å².